The minimum atomic E-state index is -0.434. The molecule has 3 aromatic rings. The normalized spacial score (nSPS) is 10.9. The fourth-order valence-corrected chi connectivity index (χ4v) is 4.09. The molecule has 0 N–H and O–H groups in total. The van der Waals surface area contributed by atoms with Gasteiger partial charge in [-0.2, -0.15) is 0 Å². The van der Waals surface area contributed by atoms with Gasteiger partial charge in [0.25, 0.3) is 0 Å². The standard InChI is InChI=1S/C24H27FN2O3S/c1-26(14-18-10-11-23(30-3)21(25)13-18)24(28)17-27(16-20-8-6-12-31-20)15-19-7-4-5-9-22(19)29-2/h4-13H,14-17H2,1-3H3. The highest BCUT2D eigenvalue weighted by Crippen LogP contribution is 2.22. The first kappa shape index (κ1) is 22.8. The molecule has 0 unspecified atom stereocenters. The first-order valence-corrected chi connectivity index (χ1v) is 10.8. The van der Waals surface area contributed by atoms with E-state index in [2.05, 4.69) is 11.0 Å². The fraction of sp³-hybridized carbons (Fsp3) is 0.292. The van der Waals surface area contributed by atoms with Crippen LogP contribution in [0.2, 0.25) is 0 Å². The summed E-state index contributed by atoms with van der Waals surface area (Å²) in [6.07, 6.45) is 0. The molecule has 0 spiro atoms. The lowest BCUT2D eigenvalue weighted by atomic mass is 10.1. The molecule has 0 aliphatic heterocycles. The summed E-state index contributed by atoms with van der Waals surface area (Å²) < 4.78 is 24.4. The van der Waals surface area contributed by atoms with Crippen molar-refractivity contribution in [3.05, 3.63) is 81.8 Å². The number of thiophene rings is 1. The van der Waals surface area contributed by atoms with Crippen LogP contribution in [0, 0.1) is 5.82 Å². The van der Waals surface area contributed by atoms with Crippen LogP contribution >= 0.6 is 11.3 Å². The van der Waals surface area contributed by atoms with Gasteiger partial charge in [-0.3, -0.25) is 9.69 Å². The molecule has 5 nitrogen and oxygen atoms in total. The molecule has 1 heterocycles. The number of nitrogens with zero attached hydrogens (tertiary/aromatic N) is 2. The molecule has 0 atom stereocenters. The number of halogens is 1. The van der Waals surface area contributed by atoms with E-state index in [1.54, 1.807) is 42.5 Å². The van der Waals surface area contributed by atoms with Crippen LogP contribution in [0.4, 0.5) is 4.39 Å². The number of amides is 1. The second-order valence-electron chi connectivity index (χ2n) is 7.26. The third-order valence-electron chi connectivity index (χ3n) is 4.97. The maximum Gasteiger partial charge on any atom is 0.236 e. The Bertz CT molecular complexity index is 994. The number of hydrogen-bond donors (Lipinski definition) is 0. The summed E-state index contributed by atoms with van der Waals surface area (Å²) >= 11 is 1.66. The fourth-order valence-electron chi connectivity index (χ4n) is 3.35. The van der Waals surface area contributed by atoms with Crippen molar-refractivity contribution in [3.8, 4) is 11.5 Å². The Morgan fingerprint density at radius 2 is 1.74 bits per heavy atom. The predicted octanol–water partition coefficient (Wildman–Crippen LogP) is 4.57. The summed E-state index contributed by atoms with van der Waals surface area (Å²) in [7, 11) is 4.81. The van der Waals surface area contributed by atoms with Crippen molar-refractivity contribution in [1.29, 1.82) is 0 Å². The highest BCUT2D eigenvalue weighted by atomic mass is 32.1. The van der Waals surface area contributed by atoms with E-state index in [0.717, 1.165) is 11.3 Å². The summed E-state index contributed by atoms with van der Waals surface area (Å²) in [5.41, 5.74) is 1.73. The SMILES string of the molecule is COc1ccc(CN(C)C(=O)CN(Cc2cccs2)Cc2ccccc2OC)cc1F. The average molecular weight is 443 g/mol. The zero-order chi connectivity index (χ0) is 22.2. The van der Waals surface area contributed by atoms with Crippen LogP contribution < -0.4 is 9.47 Å². The molecule has 0 fully saturated rings. The lowest BCUT2D eigenvalue weighted by Gasteiger charge is -2.25. The van der Waals surface area contributed by atoms with Crippen molar-refractivity contribution in [3.63, 3.8) is 0 Å². The molecule has 164 valence electrons. The Morgan fingerprint density at radius 3 is 2.42 bits per heavy atom. The van der Waals surface area contributed by atoms with Crippen LogP contribution in [0.25, 0.3) is 0 Å². The molecule has 2 aromatic carbocycles. The Labute approximate surface area is 186 Å². The molecule has 0 radical (unpaired) electrons. The van der Waals surface area contributed by atoms with Crippen LogP contribution in [0.1, 0.15) is 16.0 Å². The quantitative estimate of drug-likeness (QED) is 0.461. The number of carbonyl (C=O) groups excluding carboxylic acids is 1. The van der Waals surface area contributed by atoms with E-state index in [1.807, 2.05) is 35.7 Å². The van der Waals surface area contributed by atoms with Crippen molar-refractivity contribution >= 4 is 17.2 Å². The maximum absolute atomic E-state index is 14.0. The van der Waals surface area contributed by atoms with Crippen LogP contribution in [0.5, 0.6) is 11.5 Å². The number of likely N-dealkylation sites (N-methyl/N-ethyl adjacent to an activating group) is 1. The number of para-hydroxylation sites is 1. The van der Waals surface area contributed by atoms with E-state index in [9.17, 15) is 9.18 Å². The first-order valence-electron chi connectivity index (χ1n) is 9.93. The van der Waals surface area contributed by atoms with Gasteiger partial charge in [0.05, 0.1) is 20.8 Å². The monoisotopic (exact) mass is 442 g/mol. The van der Waals surface area contributed by atoms with E-state index in [4.69, 9.17) is 9.47 Å². The lowest BCUT2D eigenvalue weighted by molar-refractivity contribution is -0.131. The molecule has 7 heteroatoms. The van der Waals surface area contributed by atoms with Gasteiger partial charge in [-0.05, 0) is 35.2 Å². The van der Waals surface area contributed by atoms with Crippen molar-refractivity contribution in [2.45, 2.75) is 19.6 Å². The summed E-state index contributed by atoms with van der Waals surface area (Å²) in [4.78, 5) is 17.9. The highest BCUT2D eigenvalue weighted by molar-refractivity contribution is 7.09. The first-order chi connectivity index (χ1) is 15.0. The zero-order valence-electron chi connectivity index (χ0n) is 18.0. The van der Waals surface area contributed by atoms with Crippen LogP contribution in [0.15, 0.2) is 60.0 Å². The molecule has 3 rings (SSSR count). The third-order valence-corrected chi connectivity index (χ3v) is 5.83. The number of carbonyl (C=O) groups is 1. The van der Waals surface area contributed by atoms with Crippen LogP contribution in [-0.2, 0) is 24.4 Å². The summed E-state index contributed by atoms with van der Waals surface area (Å²) in [6.45, 7) is 1.80. The lowest BCUT2D eigenvalue weighted by Crippen LogP contribution is -2.37. The van der Waals surface area contributed by atoms with Crippen molar-refractivity contribution in [2.24, 2.45) is 0 Å². The van der Waals surface area contributed by atoms with Crippen LogP contribution in [-0.4, -0.2) is 43.5 Å². The van der Waals surface area contributed by atoms with Crippen molar-refractivity contribution < 1.29 is 18.7 Å². The van der Waals surface area contributed by atoms with E-state index in [1.165, 1.54) is 18.1 Å². The number of benzene rings is 2. The van der Waals surface area contributed by atoms with Gasteiger partial charge < -0.3 is 14.4 Å². The van der Waals surface area contributed by atoms with E-state index < -0.39 is 5.82 Å². The largest absolute Gasteiger partial charge is 0.496 e. The van der Waals surface area contributed by atoms with Crippen molar-refractivity contribution in [1.82, 2.24) is 9.80 Å². The zero-order valence-corrected chi connectivity index (χ0v) is 18.8. The summed E-state index contributed by atoms with van der Waals surface area (Å²) in [5, 5.41) is 2.03. The van der Waals surface area contributed by atoms with Gasteiger partial charge in [0.15, 0.2) is 11.6 Å². The average Bonchev–Trinajstić information content (AvgIpc) is 3.27. The number of rotatable bonds is 10. The number of ether oxygens (including phenoxy) is 2. The molecule has 0 bridgehead atoms. The Morgan fingerprint density at radius 1 is 0.968 bits per heavy atom. The van der Waals surface area contributed by atoms with E-state index in [0.29, 0.717) is 25.2 Å². The van der Waals surface area contributed by atoms with Gasteiger partial charge in [-0.25, -0.2) is 4.39 Å². The van der Waals surface area contributed by atoms with Gasteiger partial charge in [0.2, 0.25) is 5.91 Å². The van der Waals surface area contributed by atoms with Crippen molar-refractivity contribution in [2.75, 3.05) is 27.8 Å². The topological polar surface area (TPSA) is 42.0 Å². The van der Waals surface area contributed by atoms with Crippen LogP contribution in [0.3, 0.4) is 0 Å². The minimum Gasteiger partial charge on any atom is -0.496 e. The third kappa shape index (κ3) is 6.29. The molecule has 0 saturated carbocycles. The smallest absolute Gasteiger partial charge is 0.236 e. The van der Waals surface area contributed by atoms with Gasteiger partial charge in [-0.15, -0.1) is 11.3 Å². The van der Waals surface area contributed by atoms with Gasteiger partial charge in [0.1, 0.15) is 5.75 Å². The Balaban J connectivity index is 1.70. The molecular formula is C24H27FN2O3S. The number of hydrogen-bond acceptors (Lipinski definition) is 5. The summed E-state index contributed by atoms with van der Waals surface area (Å²) in [5.74, 6) is 0.517. The Kier molecular flexibility index (Phi) is 8.03. The van der Waals surface area contributed by atoms with Gasteiger partial charge in [-0.1, -0.05) is 30.3 Å². The second kappa shape index (κ2) is 10.9. The summed E-state index contributed by atoms with van der Waals surface area (Å²) in [6, 6.07) is 16.6. The molecule has 1 amide bonds. The highest BCUT2D eigenvalue weighted by Gasteiger charge is 2.18. The molecule has 1 aromatic heterocycles. The van der Waals surface area contributed by atoms with E-state index in [-0.39, 0.29) is 18.2 Å². The van der Waals surface area contributed by atoms with Gasteiger partial charge >= 0.3 is 0 Å². The molecule has 0 saturated heterocycles. The molecule has 0 aliphatic rings. The molecule has 31 heavy (non-hydrogen) atoms. The molecular weight excluding hydrogens is 415 g/mol. The van der Waals surface area contributed by atoms with Gasteiger partial charge in [0, 0.05) is 37.1 Å². The second-order valence-corrected chi connectivity index (χ2v) is 8.29. The molecule has 0 aliphatic carbocycles. The minimum absolute atomic E-state index is 0.0392. The number of methoxy groups -OCH3 is 2. The van der Waals surface area contributed by atoms with E-state index >= 15 is 0 Å². The maximum atomic E-state index is 14.0. The predicted molar refractivity (Wildman–Crippen MR) is 121 cm³/mol. The Hall–Kier alpha value is -2.90.